The van der Waals surface area contributed by atoms with E-state index in [1.54, 1.807) is 4.57 Å². The number of amides is 1. The van der Waals surface area contributed by atoms with E-state index >= 15 is 0 Å². The second-order valence-corrected chi connectivity index (χ2v) is 11.1. The van der Waals surface area contributed by atoms with Crippen molar-refractivity contribution in [3.8, 4) is 16.1 Å². The molecule has 5 rings (SSSR count). The van der Waals surface area contributed by atoms with Gasteiger partial charge in [0.15, 0.2) is 5.16 Å². The molecule has 0 spiro atoms. The summed E-state index contributed by atoms with van der Waals surface area (Å²) in [6.07, 6.45) is 4.49. The lowest BCUT2D eigenvalue weighted by atomic mass is 10.1. The molecule has 180 valence electrons. The zero-order valence-corrected chi connectivity index (χ0v) is 21.8. The molecule has 1 fully saturated rings. The van der Waals surface area contributed by atoms with Gasteiger partial charge < -0.3 is 4.90 Å². The Morgan fingerprint density at radius 1 is 1.00 bits per heavy atom. The topological polar surface area (TPSA) is 55.2 Å². The van der Waals surface area contributed by atoms with Crippen molar-refractivity contribution in [1.82, 2.24) is 14.5 Å². The van der Waals surface area contributed by atoms with Crippen molar-refractivity contribution in [2.75, 3.05) is 18.8 Å². The van der Waals surface area contributed by atoms with E-state index in [1.165, 1.54) is 35.9 Å². The first kappa shape index (κ1) is 23.8. The first-order valence-electron chi connectivity index (χ1n) is 12.1. The molecule has 4 aromatic rings. The Balaban J connectivity index is 1.58. The predicted octanol–water partition coefficient (Wildman–Crippen LogP) is 6.23. The Bertz CT molecular complexity index is 1420. The number of fused-ring (bicyclic) bond motifs is 1. The molecule has 0 unspecified atom stereocenters. The lowest BCUT2D eigenvalue weighted by Gasteiger charge is -2.20. The number of thioether (sulfide) groups is 1. The normalized spacial score (nSPS) is 14.3. The van der Waals surface area contributed by atoms with Gasteiger partial charge in [-0.15, -0.1) is 11.3 Å². The van der Waals surface area contributed by atoms with Crippen molar-refractivity contribution in [1.29, 1.82) is 0 Å². The first-order chi connectivity index (χ1) is 17.0. The Morgan fingerprint density at radius 3 is 2.49 bits per heavy atom. The van der Waals surface area contributed by atoms with Crippen LogP contribution in [0.15, 0.2) is 64.5 Å². The number of nitrogens with zero attached hydrogens (tertiary/aromatic N) is 3. The third kappa shape index (κ3) is 5.07. The molecule has 2 aromatic carbocycles. The Labute approximate surface area is 213 Å². The van der Waals surface area contributed by atoms with Crippen molar-refractivity contribution in [3.63, 3.8) is 0 Å². The average Bonchev–Trinajstić information content (AvgIpc) is 3.11. The molecular formula is C28H29N3O2S2. The summed E-state index contributed by atoms with van der Waals surface area (Å²) in [5.74, 6) is 0.396. The Morgan fingerprint density at radius 2 is 1.74 bits per heavy atom. The van der Waals surface area contributed by atoms with Gasteiger partial charge in [-0.3, -0.25) is 14.2 Å². The van der Waals surface area contributed by atoms with E-state index in [0.717, 1.165) is 53.2 Å². The highest BCUT2D eigenvalue weighted by atomic mass is 32.2. The van der Waals surface area contributed by atoms with Crippen molar-refractivity contribution < 1.29 is 4.79 Å². The highest BCUT2D eigenvalue weighted by Crippen LogP contribution is 2.33. The van der Waals surface area contributed by atoms with Crippen LogP contribution in [0.5, 0.6) is 0 Å². The number of likely N-dealkylation sites (tertiary alicyclic amines) is 1. The summed E-state index contributed by atoms with van der Waals surface area (Å²) < 4.78 is 2.34. The van der Waals surface area contributed by atoms with Crippen LogP contribution in [-0.4, -0.2) is 39.2 Å². The van der Waals surface area contributed by atoms with Crippen LogP contribution in [0.1, 0.15) is 36.8 Å². The van der Waals surface area contributed by atoms with Gasteiger partial charge >= 0.3 is 0 Å². The van der Waals surface area contributed by atoms with E-state index < -0.39 is 0 Å². The Hall–Kier alpha value is -2.90. The summed E-state index contributed by atoms with van der Waals surface area (Å²) in [6, 6.07) is 18.2. The number of rotatable bonds is 5. The van der Waals surface area contributed by atoms with Crippen LogP contribution >= 0.6 is 23.1 Å². The van der Waals surface area contributed by atoms with Crippen LogP contribution in [0.25, 0.3) is 26.3 Å². The van der Waals surface area contributed by atoms with Gasteiger partial charge in [0.1, 0.15) is 4.70 Å². The summed E-state index contributed by atoms with van der Waals surface area (Å²) in [7, 11) is 0. The van der Waals surface area contributed by atoms with Gasteiger partial charge in [0.25, 0.3) is 5.56 Å². The van der Waals surface area contributed by atoms with E-state index in [1.807, 2.05) is 73.3 Å². The van der Waals surface area contributed by atoms with Crippen LogP contribution in [-0.2, 0) is 4.79 Å². The standard InChI is InChI=1S/C28H29N3O2S2/c1-19-12-13-20(2)23(16-19)31-27(33)26-22(17-24(35-26)21-10-6-5-7-11-21)29-28(31)34-18-25(32)30-14-8-3-4-9-15-30/h5-7,10-13,16-17H,3-4,8-9,14-15,18H2,1-2H3. The van der Waals surface area contributed by atoms with Crippen molar-refractivity contribution in [2.24, 2.45) is 0 Å². The van der Waals surface area contributed by atoms with Gasteiger partial charge in [0, 0.05) is 18.0 Å². The lowest BCUT2D eigenvalue weighted by molar-refractivity contribution is -0.128. The smallest absolute Gasteiger partial charge is 0.276 e. The quantitative estimate of drug-likeness (QED) is 0.239. The SMILES string of the molecule is Cc1ccc(C)c(-n2c(SCC(=O)N3CCCCCC3)nc3cc(-c4ccccc4)sc3c2=O)c1. The summed E-state index contributed by atoms with van der Waals surface area (Å²) in [5, 5.41) is 0.566. The Kier molecular flexibility index (Phi) is 7.07. The highest BCUT2D eigenvalue weighted by molar-refractivity contribution is 7.99. The number of hydrogen-bond donors (Lipinski definition) is 0. The van der Waals surface area contributed by atoms with Gasteiger partial charge in [-0.1, -0.05) is 67.1 Å². The molecule has 7 heteroatoms. The second-order valence-electron chi connectivity index (χ2n) is 9.10. The zero-order valence-electron chi connectivity index (χ0n) is 20.1. The number of aryl methyl sites for hydroxylation is 2. The molecule has 2 aromatic heterocycles. The second kappa shape index (κ2) is 10.4. The summed E-state index contributed by atoms with van der Waals surface area (Å²) in [6.45, 7) is 5.67. The molecule has 0 atom stereocenters. The fourth-order valence-corrected chi connectivity index (χ4v) is 6.45. The van der Waals surface area contributed by atoms with Crippen LogP contribution in [0, 0.1) is 13.8 Å². The summed E-state index contributed by atoms with van der Waals surface area (Å²) >= 11 is 2.84. The molecule has 0 aliphatic carbocycles. The number of hydrogen-bond acceptors (Lipinski definition) is 5. The molecule has 5 nitrogen and oxygen atoms in total. The largest absolute Gasteiger partial charge is 0.342 e. The molecule has 1 amide bonds. The number of thiophene rings is 1. The minimum Gasteiger partial charge on any atom is -0.342 e. The first-order valence-corrected chi connectivity index (χ1v) is 13.9. The molecular weight excluding hydrogens is 474 g/mol. The molecule has 1 aliphatic heterocycles. The molecule has 0 saturated carbocycles. The maximum absolute atomic E-state index is 13.9. The molecule has 0 bridgehead atoms. The van der Waals surface area contributed by atoms with Crippen LogP contribution in [0.3, 0.4) is 0 Å². The van der Waals surface area contributed by atoms with Gasteiger partial charge in [-0.2, -0.15) is 0 Å². The van der Waals surface area contributed by atoms with E-state index in [9.17, 15) is 9.59 Å². The number of aromatic nitrogens is 2. The van der Waals surface area contributed by atoms with E-state index in [2.05, 4.69) is 0 Å². The molecule has 35 heavy (non-hydrogen) atoms. The molecule has 0 N–H and O–H groups in total. The maximum Gasteiger partial charge on any atom is 0.276 e. The minimum absolute atomic E-state index is 0.0828. The molecule has 1 saturated heterocycles. The average molecular weight is 504 g/mol. The monoisotopic (exact) mass is 503 g/mol. The zero-order chi connectivity index (χ0) is 24.4. The van der Waals surface area contributed by atoms with Gasteiger partial charge in [0.05, 0.1) is 17.0 Å². The minimum atomic E-state index is -0.0828. The lowest BCUT2D eigenvalue weighted by Crippen LogP contribution is -2.33. The van der Waals surface area contributed by atoms with Gasteiger partial charge in [0.2, 0.25) is 5.91 Å². The molecule has 0 radical (unpaired) electrons. The summed E-state index contributed by atoms with van der Waals surface area (Å²) in [5.41, 5.74) is 4.57. The fraction of sp³-hybridized carbons (Fsp3) is 0.321. The molecule has 3 heterocycles. The van der Waals surface area contributed by atoms with Crippen LogP contribution in [0.2, 0.25) is 0 Å². The van der Waals surface area contributed by atoms with E-state index in [4.69, 9.17) is 4.98 Å². The maximum atomic E-state index is 13.9. The predicted molar refractivity (Wildman–Crippen MR) is 146 cm³/mol. The van der Waals surface area contributed by atoms with Gasteiger partial charge in [-0.25, -0.2) is 4.98 Å². The van der Waals surface area contributed by atoms with E-state index in [-0.39, 0.29) is 17.2 Å². The number of carbonyl (C=O) groups excluding carboxylic acids is 1. The third-order valence-corrected chi connectivity index (χ3v) is 8.55. The number of benzene rings is 2. The van der Waals surface area contributed by atoms with Crippen LogP contribution in [0.4, 0.5) is 0 Å². The van der Waals surface area contributed by atoms with Crippen molar-refractivity contribution in [2.45, 2.75) is 44.7 Å². The van der Waals surface area contributed by atoms with E-state index in [0.29, 0.717) is 15.4 Å². The fourth-order valence-electron chi connectivity index (χ4n) is 4.51. The summed E-state index contributed by atoms with van der Waals surface area (Å²) in [4.78, 5) is 34.8. The number of carbonyl (C=O) groups is 1. The van der Waals surface area contributed by atoms with Gasteiger partial charge in [-0.05, 0) is 55.5 Å². The highest BCUT2D eigenvalue weighted by Gasteiger charge is 2.21. The molecule has 1 aliphatic rings. The third-order valence-electron chi connectivity index (χ3n) is 6.46. The van der Waals surface area contributed by atoms with Crippen molar-refractivity contribution in [3.05, 3.63) is 76.1 Å². The van der Waals surface area contributed by atoms with Crippen LogP contribution < -0.4 is 5.56 Å². The van der Waals surface area contributed by atoms with Crippen molar-refractivity contribution >= 4 is 39.2 Å².